The van der Waals surface area contributed by atoms with Gasteiger partial charge in [0, 0.05) is 10.5 Å². The minimum Gasteiger partial charge on any atom is -0.388 e. The number of aliphatic hydroxyl groups is 1. The molecule has 88 valence electrons. The number of piperidine rings is 1. The molecule has 1 fully saturated rings. The lowest BCUT2D eigenvalue weighted by atomic mass is 9.96. The average Bonchev–Trinajstić information content (AvgIpc) is 2.31. The Morgan fingerprint density at radius 2 is 2.19 bits per heavy atom. The molecular weight excluding hydrogens is 266 g/mol. The normalized spacial score (nSPS) is 23.0. The first-order chi connectivity index (χ1) is 7.77. The van der Waals surface area contributed by atoms with Gasteiger partial charge in [-0.25, -0.2) is 0 Å². The third kappa shape index (κ3) is 3.06. The van der Waals surface area contributed by atoms with Gasteiger partial charge in [0.05, 0.1) is 6.10 Å². The summed E-state index contributed by atoms with van der Waals surface area (Å²) in [5, 5.41) is 13.6. The molecule has 0 spiro atoms. The van der Waals surface area contributed by atoms with Gasteiger partial charge < -0.3 is 10.4 Å². The molecule has 0 radical (unpaired) electrons. The molecule has 0 aromatic heterocycles. The van der Waals surface area contributed by atoms with Gasteiger partial charge in [-0.05, 0) is 37.4 Å². The summed E-state index contributed by atoms with van der Waals surface area (Å²) in [5.41, 5.74) is 0.995. The Labute approximate surface area is 105 Å². The van der Waals surface area contributed by atoms with E-state index in [1.165, 1.54) is 19.3 Å². The van der Waals surface area contributed by atoms with Crippen LogP contribution in [0.15, 0.2) is 28.7 Å². The van der Waals surface area contributed by atoms with Gasteiger partial charge in [0.1, 0.15) is 0 Å². The second-order valence-corrected chi connectivity index (χ2v) is 5.27. The van der Waals surface area contributed by atoms with Crippen molar-refractivity contribution < 1.29 is 5.11 Å². The number of rotatable bonds is 3. The highest BCUT2D eigenvalue weighted by atomic mass is 79.9. The number of hydrogen-bond donors (Lipinski definition) is 2. The summed E-state index contributed by atoms with van der Waals surface area (Å²) in [6.07, 6.45) is 4.16. The van der Waals surface area contributed by atoms with Crippen LogP contribution in [0.5, 0.6) is 0 Å². The molecule has 1 saturated heterocycles. The van der Waals surface area contributed by atoms with Crippen molar-refractivity contribution in [2.75, 3.05) is 6.54 Å². The number of aliphatic hydroxyl groups excluding tert-OH is 1. The van der Waals surface area contributed by atoms with Gasteiger partial charge in [-0.2, -0.15) is 0 Å². The van der Waals surface area contributed by atoms with Crippen LogP contribution >= 0.6 is 15.9 Å². The third-order valence-electron chi connectivity index (χ3n) is 3.18. The summed E-state index contributed by atoms with van der Waals surface area (Å²) < 4.78 is 0.998. The van der Waals surface area contributed by atoms with Crippen LogP contribution < -0.4 is 5.32 Å². The molecule has 0 bridgehead atoms. The zero-order valence-corrected chi connectivity index (χ0v) is 10.9. The van der Waals surface area contributed by atoms with Gasteiger partial charge in [-0.15, -0.1) is 0 Å². The molecule has 2 nitrogen and oxygen atoms in total. The third-order valence-corrected chi connectivity index (χ3v) is 3.91. The maximum absolute atomic E-state index is 10.2. The second kappa shape index (κ2) is 5.80. The first-order valence-electron chi connectivity index (χ1n) is 5.93. The van der Waals surface area contributed by atoms with Crippen molar-refractivity contribution >= 4 is 15.9 Å². The quantitative estimate of drug-likeness (QED) is 0.894. The topological polar surface area (TPSA) is 32.3 Å². The molecule has 2 atom stereocenters. The predicted octanol–water partition coefficient (Wildman–Crippen LogP) is 3.01. The van der Waals surface area contributed by atoms with Crippen LogP contribution in [-0.2, 0) is 0 Å². The largest absolute Gasteiger partial charge is 0.388 e. The fourth-order valence-corrected chi connectivity index (χ4v) is 2.82. The number of hydrogen-bond acceptors (Lipinski definition) is 2. The van der Waals surface area contributed by atoms with Crippen molar-refractivity contribution in [1.29, 1.82) is 0 Å². The Kier molecular flexibility index (Phi) is 4.38. The van der Waals surface area contributed by atoms with Crippen LogP contribution in [0, 0.1) is 0 Å². The standard InChI is InChI=1S/C13H18BrNO/c14-12-7-2-1-6-11(12)13(16)9-10-5-3-4-8-15-10/h1-2,6-7,10,13,15-16H,3-5,8-9H2. The van der Waals surface area contributed by atoms with Gasteiger partial charge in [0.25, 0.3) is 0 Å². The Balaban J connectivity index is 1.96. The average molecular weight is 284 g/mol. The molecule has 1 heterocycles. The van der Waals surface area contributed by atoms with Crippen LogP contribution in [0.1, 0.15) is 37.4 Å². The zero-order valence-electron chi connectivity index (χ0n) is 9.32. The van der Waals surface area contributed by atoms with E-state index in [1.54, 1.807) is 0 Å². The Morgan fingerprint density at radius 1 is 1.38 bits per heavy atom. The van der Waals surface area contributed by atoms with Gasteiger partial charge in [-0.3, -0.25) is 0 Å². The van der Waals surface area contributed by atoms with E-state index in [1.807, 2.05) is 24.3 Å². The van der Waals surface area contributed by atoms with Crippen molar-refractivity contribution in [2.24, 2.45) is 0 Å². The van der Waals surface area contributed by atoms with Crippen LogP contribution in [0.4, 0.5) is 0 Å². The highest BCUT2D eigenvalue weighted by molar-refractivity contribution is 9.10. The Bertz CT molecular complexity index is 336. The predicted molar refractivity (Wildman–Crippen MR) is 69.4 cm³/mol. The van der Waals surface area contributed by atoms with E-state index < -0.39 is 0 Å². The van der Waals surface area contributed by atoms with Crippen molar-refractivity contribution in [3.8, 4) is 0 Å². The summed E-state index contributed by atoms with van der Waals surface area (Å²) >= 11 is 3.48. The van der Waals surface area contributed by atoms with E-state index in [-0.39, 0.29) is 6.10 Å². The van der Waals surface area contributed by atoms with Gasteiger partial charge >= 0.3 is 0 Å². The van der Waals surface area contributed by atoms with Crippen LogP contribution in [0.2, 0.25) is 0 Å². The molecule has 0 saturated carbocycles. The lowest BCUT2D eigenvalue weighted by molar-refractivity contribution is 0.144. The minimum atomic E-state index is -0.369. The van der Waals surface area contributed by atoms with E-state index >= 15 is 0 Å². The molecule has 2 rings (SSSR count). The van der Waals surface area contributed by atoms with Crippen LogP contribution in [-0.4, -0.2) is 17.7 Å². The van der Waals surface area contributed by atoms with Gasteiger partial charge in [0.15, 0.2) is 0 Å². The molecule has 3 heteroatoms. The molecule has 1 aromatic carbocycles. The molecule has 16 heavy (non-hydrogen) atoms. The smallest absolute Gasteiger partial charge is 0.0815 e. The van der Waals surface area contributed by atoms with Gasteiger partial charge in [-0.1, -0.05) is 40.5 Å². The van der Waals surface area contributed by atoms with E-state index in [0.29, 0.717) is 6.04 Å². The number of benzene rings is 1. The fourth-order valence-electron chi connectivity index (χ4n) is 2.27. The van der Waals surface area contributed by atoms with E-state index in [2.05, 4.69) is 21.2 Å². The van der Waals surface area contributed by atoms with Crippen molar-refractivity contribution in [3.05, 3.63) is 34.3 Å². The molecule has 1 aliphatic rings. The molecule has 1 aliphatic heterocycles. The molecule has 0 amide bonds. The minimum absolute atomic E-state index is 0.369. The summed E-state index contributed by atoms with van der Waals surface area (Å²) in [7, 11) is 0. The summed E-state index contributed by atoms with van der Waals surface area (Å²) in [5.74, 6) is 0. The molecule has 1 aromatic rings. The van der Waals surface area contributed by atoms with E-state index in [9.17, 15) is 5.11 Å². The Morgan fingerprint density at radius 3 is 2.88 bits per heavy atom. The molecular formula is C13H18BrNO. The van der Waals surface area contributed by atoms with E-state index in [0.717, 1.165) is 23.0 Å². The van der Waals surface area contributed by atoms with Crippen molar-refractivity contribution in [1.82, 2.24) is 5.32 Å². The van der Waals surface area contributed by atoms with Crippen molar-refractivity contribution in [3.63, 3.8) is 0 Å². The lowest BCUT2D eigenvalue weighted by Crippen LogP contribution is -2.35. The first kappa shape index (κ1) is 12.1. The Hall–Kier alpha value is -0.380. The number of nitrogens with one attached hydrogen (secondary N) is 1. The van der Waals surface area contributed by atoms with Crippen molar-refractivity contribution in [2.45, 2.75) is 37.8 Å². The fraction of sp³-hybridized carbons (Fsp3) is 0.538. The van der Waals surface area contributed by atoms with Crippen LogP contribution in [0.25, 0.3) is 0 Å². The maximum atomic E-state index is 10.2. The highest BCUT2D eigenvalue weighted by Gasteiger charge is 2.19. The van der Waals surface area contributed by atoms with Gasteiger partial charge in [0.2, 0.25) is 0 Å². The zero-order chi connectivity index (χ0) is 11.4. The number of halogens is 1. The second-order valence-electron chi connectivity index (χ2n) is 4.42. The van der Waals surface area contributed by atoms with Crippen LogP contribution in [0.3, 0.4) is 0 Å². The first-order valence-corrected chi connectivity index (χ1v) is 6.72. The summed E-state index contributed by atoms with van der Waals surface area (Å²) in [4.78, 5) is 0. The SMILES string of the molecule is OC(CC1CCCCN1)c1ccccc1Br. The lowest BCUT2D eigenvalue weighted by Gasteiger charge is -2.26. The monoisotopic (exact) mass is 283 g/mol. The molecule has 2 unspecified atom stereocenters. The maximum Gasteiger partial charge on any atom is 0.0815 e. The van der Waals surface area contributed by atoms with E-state index in [4.69, 9.17) is 0 Å². The molecule has 0 aliphatic carbocycles. The highest BCUT2D eigenvalue weighted by Crippen LogP contribution is 2.27. The summed E-state index contributed by atoms with van der Waals surface area (Å²) in [6, 6.07) is 8.37. The summed E-state index contributed by atoms with van der Waals surface area (Å²) in [6.45, 7) is 1.09. The molecule has 2 N–H and O–H groups in total.